The highest BCUT2D eigenvalue weighted by atomic mass is 16.5. The molecule has 0 spiro atoms. The second-order valence-electron chi connectivity index (χ2n) is 3.93. The number of nitrogens with two attached hydrogens (primary N) is 1. The summed E-state index contributed by atoms with van der Waals surface area (Å²) in [6, 6.07) is 3.55. The number of nitrogens with zero attached hydrogens (tertiary/aromatic N) is 3. The van der Waals surface area contributed by atoms with Gasteiger partial charge in [-0.1, -0.05) is 0 Å². The molecule has 19 heavy (non-hydrogen) atoms. The number of carbonyl (C=O) groups is 1. The molecule has 0 radical (unpaired) electrons. The molecule has 0 atom stereocenters. The lowest BCUT2D eigenvalue weighted by atomic mass is 10.3. The lowest BCUT2D eigenvalue weighted by molar-refractivity contribution is 0.0521. The third-order valence-electron chi connectivity index (χ3n) is 2.77. The Kier molecular flexibility index (Phi) is 2.59. The van der Waals surface area contributed by atoms with Crippen LogP contribution in [-0.4, -0.2) is 27.1 Å². The van der Waals surface area contributed by atoms with Gasteiger partial charge >= 0.3 is 5.97 Å². The third-order valence-corrected chi connectivity index (χ3v) is 2.77. The van der Waals surface area contributed by atoms with E-state index < -0.39 is 5.97 Å². The first-order chi connectivity index (χ1) is 9.22. The van der Waals surface area contributed by atoms with E-state index in [2.05, 4.69) is 9.97 Å². The first kappa shape index (κ1) is 11.5. The van der Waals surface area contributed by atoms with Gasteiger partial charge in [-0.05, 0) is 19.1 Å². The Bertz CT molecular complexity index is 650. The van der Waals surface area contributed by atoms with Crippen LogP contribution in [0.25, 0.3) is 5.82 Å². The number of fused-ring (bicyclic) bond motifs is 3. The van der Waals surface area contributed by atoms with E-state index in [0.29, 0.717) is 17.4 Å². The number of nitrogen functional groups attached to an aromatic ring is 1. The highest BCUT2D eigenvalue weighted by Crippen LogP contribution is 2.31. The van der Waals surface area contributed by atoms with Crippen molar-refractivity contribution in [2.45, 2.75) is 13.5 Å². The number of rotatable bonds is 2. The molecule has 0 saturated carbocycles. The van der Waals surface area contributed by atoms with Gasteiger partial charge in [0.15, 0.2) is 23.1 Å². The topological polar surface area (TPSA) is 92.3 Å². The van der Waals surface area contributed by atoms with E-state index in [1.165, 1.54) is 0 Å². The summed E-state index contributed by atoms with van der Waals surface area (Å²) in [4.78, 5) is 20.1. The minimum absolute atomic E-state index is 0.0963. The van der Waals surface area contributed by atoms with E-state index in [9.17, 15) is 4.79 Å². The maximum atomic E-state index is 11.8. The van der Waals surface area contributed by atoms with Crippen LogP contribution in [0.3, 0.4) is 0 Å². The molecule has 0 aliphatic carbocycles. The van der Waals surface area contributed by atoms with Crippen molar-refractivity contribution < 1.29 is 14.3 Å². The van der Waals surface area contributed by atoms with Crippen molar-refractivity contribution in [1.29, 1.82) is 0 Å². The summed E-state index contributed by atoms with van der Waals surface area (Å²) < 4.78 is 12.0. The second-order valence-corrected chi connectivity index (χ2v) is 3.93. The Morgan fingerprint density at radius 1 is 1.63 bits per heavy atom. The van der Waals surface area contributed by atoms with Crippen LogP contribution in [0.1, 0.15) is 23.2 Å². The molecule has 1 aliphatic rings. The van der Waals surface area contributed by atoms with Crippen LogP contribution >= 0.6 is 0 Å². The van der Waals surface area contributed by atoms with Crippen molar-refractivity contribution in [3.8, 4) is 11.6 Å². The van der Waals surface area contributed by atoms with Gasteiger partial charge in [0.2, 0.25) is 0 Å². The van der Waals surface area contributed by atoms with Crippen molar-refractivity contribution in [1.82, 2.24) is 14.5 Å². The molecule has 3 heterocycles. The van der Waals surface area contributed by atoms with Crippen molar-refractivity contribution in [3.05, 3.63) is 29.8 Å². The van der Waals surface area contributed by atoms with Gasteiger partial charge in [-0.15, -0.1) is 0 Å². The predicted octanol–water partition coefficient (Wildman–Crippen LogP) is 0.919. The van der Waals surface area contributed by atoms with Crippen molar-refractivity contribution in [3.63, 3.8) is 0 Å². The van der Waals surface area contributed by atoms with Crippen molar-refractivity contribution in [2.75, 3.05) is 12.3 Å². The van der Waals surface area contributed by atoms with E-state index in [-0.39, 0.29) is 24.7 Å². The van der Waals surface area contributed by atoms with Gasteiger partial charge in [-0.3, -0.25) is 4.57 Å². The monoisotopic (exact) mass is 260 g/mol. The Morgan fingerprint density at radius 2 is 2.47 bits per heavy atom. The van der Waals surface area contributed by atoms with E-state index in [1.54, 1.807) is 29.8 Å². The van der Waals surface area contributed by atoms with Crippen LogP contribution in [0.2, 0.25) is 0 Å². The van der Waals surface area contributed by atoms with E-state index in [1.807, 2.05) is 0 Å². The van der Waals surface area contributed by atoms with Gasteiger partial charge in [0.1, 0.15) is 12.4 Å². The number of imidazole rings is 1. The summed E-state index contributed by atoms with van der Waals surface area (Å²) in [5.74, 6) is 1.35. The number of carbonyl (C=O) groups excluding carboxylic acids is 1. The molecule has 0 aromatic carbocycles. The molecule has 0 unspecified atom stereocenters. The molecule has 0 amide bonds. The third kappa shape index (κ3) is 1.70. The first-order valence-corrected chi connectivity index (χ1v) is 5.84. The van der Waals surface area contributed by atoms with Crippen LogP contribution in [0, 0.1) is 0 Å². The molecule has 2 aromatic rings. The second kappa shape index (κ2) is 4.27. The molecule has 0 fully saturated rings. The molecule has 98 valence electrons. The number of anilines is 1. The van der Waals surface area contributed by atoms with Crippen LogP contribution in [0.5, 0.6) is 5.75 Å². The Labute approximate surface area is 109 Å². The fourth-order valence-electron chi connectivity index (χ4n) is 1.97. The standard InChI is InChI=1S/C12H12N4O3/c1-2-18-12(17)9-10(13)16-8(15-9)6-19-7-4-3-5-14-11(7)16/h3-5H,2,6,13H2,1H3. The minimum Gasteiger partial charge on any atom is -0.482 e. The minimum atomic E-state index is -0.542. The molecule has 0 bridgehead atoms. The SMILES string of the molecule is CCOC(=O)c1nc2n(c1N)-c1ncccc1OC2. The van der Waals surface area contributed by atoms with E-state index >= 15 is 0 Å². The maximum Gasteiger partial charge on any atom is 0.360 e. The summed E-state index contributed by atoms with van der Waals surface area (Å²) in [5, 5.41) is 0. The molecule has 3 rings (SSSR count). The molecule has 0 saturated heterocycles. The van der Waals surface area contributed by atoms with Gasteiger partial charge in [-0.2, -0.15) is 0 Å². The fraction of sp³-hybridized carbons (Fsp3) is 0.250. The fourth-order valence-corrected chi connectivity index (χ4v) is 1.97. The highest BCUT2D eigenvalue weighted by Gasteiger charge is 2.27. The molecule has 7 heteroatoms. The number of hydrogen-bond acceptors (Lipinski definition) is 6. The number of esters is 1. The number of pyridine rings is 1. The smallest absolute Gasteiger partial charge is 0.360 e. The molecule has 2 aromatic heterocycles. The lowest BCUT2D eigenvalue weighted by Gasteiger charge is -2.18. The van der Waals surface area contributed by atoms with Gasteiger partial charge in [0.05, 0.1) is 6.61 Å². The average Bonchev–Trinajstić information content (AvgIpc) is 2.77. The molecular weight excluding hydrogens is 248 g/mol. The van der Waals surface area contributed by atoms with E-state index in [0.717, 1.165) is 0 Å². The zero-order valence-corrected chi connectivity index (χ0v) is 10.3. The quantitative estimate of drug-likeness (QED) is 0.807. The van der Waals surface area contributed by atoms with Gasteiger partial charge in [-0.25, -0.2) is 14.8 Å². The van der Waals surface area contributed by atoms with E-state index in [4.69, 9.17) is 15.2 Å². The predicted molar refractivity (Wildman–Crippen MR) is 66.1 cm³/mol. The summed E-state index contributed by atoms with van der Waals surface area (Å²) in [6.45, 7) is 2.23. The normalized spacial score (nSPS) is 12.3. The Hall–Kier alpha value is -2.57. The van der Waals surface area contributed by atoms with Gasteiger partial charge in [0, 0.05) is 6.20 Å². The lowest BCUT2D eigenvalue weighted by Crippen LogP contribution is -2.16. The highest BCUT2D eigenvalue weighted by molar-refractivity contribution is 5.92. The largest absolute Gasteiger partial charge is 0.482 e. The summed E-state index contributed by atoms with van der Waals surface area (Å²) in [7, 11) is 0. The van der Waals surface area contributed by atoms with Gasteiger partial charge < -0.3 is 15.2 Å². The van der Waals surface area contributed by atoms with Crippen LogP contribution in [0.4, 0.5) is 5.82 Å². The Morgan fingerprint density at radius 3 is 3.26 bits per heavy atom. The first-order valence-electron chi connectivity index (χ1n) is 5.84. The van der Waals surface area contributed by atoms with Crippen molar-refractivity contribution in [2.24, 2.45) is 0 Å². The summed E-state index contributed by atoms with van der Waals surface area (Å²) >= 11 is 0. The molecule has 1 aliphatic heterocycles. The van der Waals surface area contributed by atoms with Crippen LogP contribution < -0.4 is 10.5 Å². The molecule has 2 N–H and O–H groups in total. The molecule has 7 nitrogen and oxygen atoms in total. The van der Waals surface area contributed by atoms with Crippen molar-refractivity contribution >= 4 is 11.8 Å². The average molecular weight is 260 g/mol. The zero-order valence-electron chi connectivity index (χ0n) is 10.3. The number of aromatic nitrogens is 3. The van der Waals surface area contributed by atoms with Crippen LogP contribution in [-0.2, 0) is 11.3 Å². The number of hydrogen-bond donors (Lipinski definition) is 1. The van der Waals surface area contributed by atoms with Gasteiger partial charge in [0.25, 0.3) is 0 Å². The maximum absolute atomic E-state index is 11.8. The summed E-state index contributed by atoms with van der Waals surface area (Å²) in [6.07, 6.45) is 1.63. The zero-order chi connectivity index (χ0) is 13.4. The number of ether oxygens (including phenoxy) is 2. The van der Waals surface area contributed by atoms with Crippen LogP contribution in [0.15, 0.2) is 18.3 Å². The summed E-state index contributed by atoms with van der Waals surface area (Å²) in [5.41, 5.74) is 6.07. The Balaban J connectivity index is 2.13. The molecular formula is C12H12N4O3.